The molecule has 1 fully saturated rings. The fraction of sp³-hybridized carbons (Fsp3) is 0.562. The molecule has 4 nitrogen and oxygen atoms in total. The van der Waals surface area contributed by atoms with E-state index >= 15 is 0 Å². The van der Waals surface area contributed by atoms with E-state index in [1.54, 1.807) is 7.11 Å². The number of methoxy groups -OCH3 is 1. The molecule has 1 aromatic carbocycles. The summed E-state index contributed by atoms with van der Waals surface area (Å²) in [6, 6.07) is 8.76. The summed E-state index contributed by atoms with van der Waals surface area (Å²) < 4.78 is 5.22. The van der Waals surface area contributed by atoms with E-state index in [4.69, 9.17) is 17.0 Å². The predicted molar refractivity (Wildman–Crippen MR) is 92.1 cm³/mol. The van der Waals surface area contributed by atoms with Gasteiger partial charge in [0.05, 0.1) is 7.11 Å². The van der Waals surface area contributed by atoms with Gasteiger partial charge in [0, 0.05) is 23.8 Å². The van der Waals surface area contributed by atoms with Crippen LogP contribution in [0.1, 0.15) is 25.7 Å². The monoisotopic (exact) mass is 307 g/mol. The minimum Gasteiger partial charge on any atom is -0.497 e. The zero-order valence-electron chi connectivity index (χ0n) is 13.1. The van der Waals surface area contributed by atoms with Gasteiger partial charge < -0.3 is 20.3 Å². The van der Waals surface area contributed by atoms with Gasteiger partial charge in [-0.15, -0.1) is 0 Å². The van der Waals surface area contributed by atoms with E-state index < -0.39 is 0 Å². The summed E-state index contributed by atoms with van der Waals surface area (Å²) in [5.74, 6) is 0.826. The summed E-state index contributed by atoms with van der Waals surface area (Å²) in [6.07, 6.45) is 4.97. The van der Waals surface area contributed by atoms with Crippen molar-refractivity contribution in [2.75, 3.05) is 26.5 Å². The Morgan fingerprint density at radius 2 is 2.05 bits per heavy atom. The molecule has 1 aliphatic rings. The highest BCUT2D eigenvalue weighted by Crippen LogP contribution is 2.22. The van der Waals surface area contributed by atoms with Crippen molar-refractivity contribution in [3.63, 3.8) is 0 Å². The first-order chi connectivity index (χ1) is 10.1. The van der Waals surface area contributed by atoms with Gasteiger partial charge in [-0.2, -0.15) is 0 Å². The molecule has 0 amide bonds. The fourth-order valence-corrected chi connectivity index (χ4v) is 3.20. The Morgan fingerprint density at radius 3 is 2.76 bits per heavy atom. The first kappa shape index (κ1) is 16.0. The highest BCUT2D eigenvalue weighted by Gasteiger charge is 2.27. The van der Waals surface area contributed by atoms with Gasteiger partial charge in [-0.05, 0) is 51.3 Å². The number of nitrogens with zero attached hydrogens (tertiary/aromatic N) is 1. The first-order valence-electron chi connectivity index (χ1n) is 7.48. The van der Waals surface area contributed by atoms with Gasteiger partial charge >= 0.3 is 0 Å². The van der Waals surface area contributed by atoms with Crippen LogP contribution in [-0.4, -0.2) is 43.3 Å². The molecule has 0 radical (unpaired) electrons. The minimum absolute atomic E-state index is 0.416. The van der Waals surface area contributed by atoms with E-state index in [-0.39, 0.29) is 0 Å². The van der Waals surface area contributed by atoms with Gasteiger partial charge in [0.25, 0.3) is 0 Å². The van der Waals surface area contributed by atoms with Crippen LogP contribution in [0.2, 0.25) is 0 Å². The van der Waals surface area contributed by atoms with Crippen molar-refractivity contribution in [1.82, 2.24) is 10.2 Å². The van der Waals surface area contributed by atoms with E-state index in [0.29, 0.717) is 17.2 Å². The van der Waals surface area contributed by atoms with E-state index in [1.165, 1.54) is 25.7 Å². The normalized spacial score (nSPS) is 21.9. The number of ether oxygens (including phenoxy) is 1. The lowest BCUT2D eigenvalue weighted by Crippen LogP contribution is -2.52. The van der Waals surface area contributed by atoms with Gasteiger partial charge in [0.1, 0.15) is 5.75 Å². The molecule has 0 spiro atoms. The van der Waals surface area contributed by atoms with Crippen molar-refractivity contribution in [3.8, 4) is 5.75 Å². The number of nitrogens with one attached hydrogen (secondary N) is 2. The number of rotatable bonds is 4. The Hall–Kier alpha value is -1.33. The van der Waals surface area contributed by atoms with Gasteiger partial charge in [0.15, 0.2) is 5.11 Å². The molecule has 1 aromatic rings. The lowest BCUT2D eigenvalue weighted by Gasteiger charge is -2.37. The molecule has 0 aliphatic heterocycles. The Bertz CT molecular complexity index is 478. The molecule has 5 heteroatoms. The number of benzene rings is 1. The smallest absolute Gasteiger partial charge is 0.171 e. The number of hydrogen-bond donors (Lipinski definition) is 2. The second kappa shape index (κ2) is 7.61. The average molecular weight is 307 g/mol. The minimum atomic E-state index is 0.416. The van der Waals surface area contributed by atoms with Crippen molar-refractivity contribution in [3.05, 3.63) is 24.3 Å². The van der Waals surface area contributed by atoms with Gasteiger partial charge in [-0.25, -0.2) is 0 Å². The first-order valence-corrected chi connectivity index (χ1v) is 7.89. The molecule has 0 aromatic heterocycles. The van der Waals surface area contributed by atoms with Crippen molar-refractivity contribution < 1.29 is 4.74 Å². The number of anilines is 1. The van der Waals surface area contributed by atoms with Crippen molar-refractivity contribution >= 4 is 23.0 Å². The molecule has 2 atom stereocenters. The Balaban J connectivity index is 1.93. The summed E-state index contributed by atoms with van der Waals surface area (Å²) >= 11 is 5.45. The van der Waals surface area contributed by atoms with E-state index in [0.717, 1.165) is 11.4 Å². The SMILES string of the molecule is COc1cccc(NC(=S)N[C@@H]2CCCC[C@H]2N(C)C)c1. The summed E-state index contributed by atoms with van der Waals surface area (Å²) in [7, 11) is 5.95. The van der Waals surface area contributed by atoms with Crippen LogP contribution in [0.4, 0.5) is 5.69 Å². The van der Waals surface area contributed by atoms with Crippen LogP contribution in [0, 0.1) is 0 Å². The van der Waals surface area contributed by atoms with Crippen LogP contribution in [0.25, 0.3) is 0 Å². The second-order valence-corrected chi connectivity index (χ2v) is 6.16. The number of hydrogen-bond acceptors (Lipinski definition) is 3. The molecule has 2 rings (SSSR count). The van der Waals surface area contributed by atoms with Gasteiger partial charge in [-0.3, -0.25) is 0 Å². The van der Waals surface area contributed by atoms with Crippen molar-refractivity contribution in [1.29, 1.82) is 0 Å². The quantitative estimate of drug-likeness (QED) is 0.837. The summed E-state index contributed by atoms with van der Waals surface area (Å²) in [4.78, 5) is 2.30. The zero-order valence-corrected chi connectivity index (χ0v) is 13.9. The van der Waals surface area contributed by atoms with Crippen molar-refractivity contribution in [2.24, 2.45) is 0 Å². The van der Waals surface area contributed by atoms with E-state index in [9.17, 15) is 0 Å². The largest absolute Gasteiger partial charge is 0.497 e. The maximum absolute atomic E-state index is 5.45. The lowest BCUT2D eigenvalue weighted by atomic mass is 9.90. The van der Waals surface area contributed by atoms with E-state index in [1.807, 2.05) is 24.3 Å². The molecule has 0 bridgehead atoms. The Kier molecular flexibility index (Phi) is 5.82. The van der Waals surface area contributed by atoms with Gasteiger partial charge in [-0.1, -0.05) is 18.9 Å². The van der Waals surface area contributed by atoms with Crippen LogP contribution in [0.3, 0.4) is 0 Å². The van der Waals surface area contributed by atoms with Crippen LogP contribution < -0.4 is 15.4 Å². The summed E-state index contributed by atoms with van der Waals surface area (Å²) in [6.45, 7) is 0. The molecule has 21 heavy (non-hydrogen) atoms. The lowest BCUT2D eigenvalue weighted by molar-refractivity contribution is 0.190. The standard InChI is InChI=1S/C16H25N3OS/c1-19(2)15-10-5-4-9-14(15)18-16(21)17-12-7-6-8-13(11-12)20-3/h6-8,11,14-15H,4-5,9-10H2,1-3H3,(H2,17,18,21)/t14-,15-/m1/s1. The third kappa shape index (κ3) is 4.58. The van der Waals surface area contributed by atoms with Crippen LogP contribution in [0.5, 0.6) is 5.75 Å². The zero-order chi connectivity index (χ0) is 15.2. The molecule has 0 unspecified atom stereocenters. The van der Waals surface area contributed by atoms with Gasteiger partial charge in [0.2, 0.25) is 0 Å². The third-order valence-electron chi connectivity index (χ3n) is 4.04. The molecule has 0 saturated heterocycles. The number of likely N-dealkylation sites (N-methyl/N-ethyl adjacent to an activating group) is 1. The van der Waals surface area contributed by atoms with Crippen LogP contribution >= 0.6 is 12.2 Å². The Morgan fingerprint density at radius 1 is 1.29 bits per heavy atom. The second-order valence-electron chi connectivity index (χ2n) is 5.75. The Labute approximate surface area is 132 Å². The van der Waals surface area contributed by atoms with Crippen LogP contribution in [0.15, 0.2) is 24.3 Å². The molecular weight excluding hydrogens is 282 g/mol. The molecular formula is C16H25N3OS. The predicted octanol–water partition coefficient (Wildman–Crippen LogP) is 2.85. The maximum atomic E-state index is 5.45. The molecule has 116 valence electrons. The van der Waals surface area contributed by atoms with E-state index in [2.05, 4.69) is 29.6 Å². The maximum Gasteiger partial charge on any atom is 0.171 e. The highest BCUT2D eigenvalue weighted by atomic mass is 32.1. The van der Waals surface area contributed by atoms with Crippen LogP contribution in [-0.2, 0) is 0 Å². The number of thiocarbonyl (C=S) groups is 1. The molecule has 1 aliphatic carbocycles. The molecule has 0 heterocycles. The fourth-order valence-electron chi connectivity index (χ4n) is 2.93. The van der Waals surface area contributed by atoms with Crippen molar-refractivity contribution in [2.45, 2.75) is 37.8 Å². The summed E-state index contributed by atoms with van der Waals surface area (Å²) in [5, 5.41) is 7.40. The molecule has 1 saturated carbocycles. The topological polar surface area (TPSA) is 36.5 Å². The summed E-state index contributed by atoms with van der Waals surface area (Å²) in [5.41, 5.74) is 0.948. The highest BCUT2D eigenvalue weighted by molar-refractivity contribution is 7.80. The molecule has 2 N–H and O–H groups in total. The third-order valence-corrected chi connectivity index (χ3v) is 4.26. The average Bonchev–Trinajstić information content (AvgIpc) is 2.47.